The van der Waals surface area contributed by atoms with Gasteiger partial charge in [0.1, 0.15) is 0 Å². The first-order valence-electron chi connectivity index (χ1n) is 25.2. The number of anilines is 5. The molecule has 4 heteroatoms. The van der Waals surface area contributed by atoms with Crippen LogP contribution in [0.15, 0.2) is 158 Å². The van der Waals surface area contributed by atoms with E-state index in [1.54, 1.807) is 0 Å². The molecule has 9 aromatic rings. The number of nitrogens with zero attached hydrogens (tertiary/aromatic N) is 1. The van der Waals surface area contributed by atoms with E-state index in [-0.39, 0.29) is 21.7 Å². The Hall–Kier alpha value is -6.36. The molecule has 341 valence electrons. The maximum atomic E-state index is 4.11. The van der Waals surface area contributed by atoms with Gasteiger partial charge in [0.25, 0.3) is 0 Å². The highest BCUT2D eigenvalue weighted by Gasteiger charge is 2.42. The predicted molar refractivity (Wildman–Crippen MR) is 300 cm³/mol. The van der Waals surface area contributed by atoms with Crippen molar-refractivity contribution in [3.63, 3.8) is 0 Å². The van der Waals surface area contributed by atoms with Gasteiger partial charge in [-0.25, -0.2) is 0 Å². The molecule has 0 saturated heterocycles. The third-order valence-corrected chi connectivity index (χ3v) is 17.7. The van der Waals surface area contributed by atoms with Crippen molar-refractivity contribution in [1.29, 1.82) is 0 Å². The van der Waals surface area contributed by atoms with Crippen molar-refractivity contribution in [2.45, 2.75) is 110 Å². The summed E-state index contributed by atoms with van der Waals surface area (Å²) >= 11 is 1.92. The molecule has 0 spiro atoms. The van der Waals surface area contributed by atoms with Gasteiger partial charge in [-0.15, -0.1) is 11.3 Å². The van der Waals surface area contributed by atoms with E-state index in [2.05, 4.69) is 238 Å². The average Bonchev–Trinajstić information content (AvgIpc) is 3.72. The van der Waals surface area contributed by atoms with E-state index < -0.39 is 0 Å². The van der Waals surface area contributed by atoms with Gasteiger partial charge in [0.05, 0.1) is 0 Å². The summed E-state index contributed by atoms with van der Waals surface area (Å²) in [6.45, 7) is 22.0. The first-order valence-corrected chi connectivity index (χ1v) is 26.0. The van der Waals surface area contributed by atoms with Crippen LogP contribution in [0, 0.1) is 6.92 Å². The summed E-state index contributed by atoms with van der Waals surface area (Å²) in [5.74, 6) is 0. The molecule has 0 unspecified atom stereocenters. The third-order valence-electron chi connectivity index (χ3n) is 16.5. The van der Waals surface area contributed by atoms with Crippen molar-refractivity contribution < 1.29 is 0 Å². The Morgan fingerprint density at radius 3 is 1.65 bits per heavy atom. The Labute approximate surface area is 414 Å². The van der Waals surface area contributed by atoms with E-state index in [0.29, 0.717) is 0 Å². The lowest BCUT2D eigenvalue weighted by Gasteiger charge is -2.44. The molecule has 2 aliphatic carbocycles. The summed E-state index contributed by atoms with van der Waals surface area (Å²) in [5.41, 5.74) is 23.3. The largest absolute Gasteiger partial charge is 0.355 e. The van der Waals surface area contributed by atoms with Gasteiger partial charge in [-0.1, -0.05) is 164 Å². The Bertz CT molecular complexity index is 3500. The second kappa shape index (κ2) is 15.8. The van der Waals surface area contributed by atoms with Crippen LogP contribution in [-0.4, -0.2) is 7.28 Å². The van der Waals surface area contributed by atoms with Crippen LogP contribution >= 0.6 is 11.3 Å². The van der Waals surface area contributed by atoms with Crippen molar-refractivity contribution in [2.24, 2.45) is 0 Å². The number of hydrogen-bond acceptors (Lipinski definition) is 3. The van der Waals surface area contributed by atoms with E-state index in [4.69, 9.17) is 0 Å². The zero-order valence-corrected chi connectivity index (χ0v) is 42.6. The highest BCUT2D eigenvalue weighted by molar-refractivity contribution is 7.26. The Balaban J connectivity index is 1.16. The van der Waals surface area contributed by atoms with Gasteiger partial charge in [-0.2, -0.15) is 0 Å². The van der Waals surface area contributed by atoms with E-state index in [0.717, 1.165) is 24.2 Å². The smallest absolute Gasteiger partial charge is 0.197 e. The minimum Gasteiger partial charge on any atom is -0.355 e. The number of benzene rings is 8. The van der Waals surface area contributed by atoms with Gasteiger partial charge < -0.3 is 10.2 Å². The Morgan fingerprint density at radius 1 is 0.478 bits per heavy atom. The van der Waals surface area contributed by atoms with Gasteiger partial charge in [0, 0.05) is 54.2 Å². The molecule has 2 nitrogen and oxygen atoms in total. The number of rotatable bonds is 6. The molecule has 0 amide bonds. The van der Waals surface area contributed by atoms with Gasteiger partial charge >= 0.3 is 0 Å². The SMILES string of the molecule is Cc1cc(-c2ccccc2)ccc1N1c2cc3c(cc2[B]c2c1cc1sc4ccccc4c1c2-c1cc2c(cc1Nc1ccc(-c4ccccc4)cc1)C(C)(C)CCC2(C)C)C(C)(C)CCC3(C)C. The summed E-state index contributed by atoms with van der Waals surface area (Å²) in [5, 5.41) is 6.75. The predicted octanol–water partition coefficient (Wildman–Crippen LogP) is 17.2. The Kier molecular flexibility index (Phi) is 10.1. The molecule has 0 atom stereocenters. The standard InChI is InChI=1S/C65H62BN2S/c1-40-34-44(42-20-14-11-15-21-42)26-29-54(40)68-55-38-51-49(63(4,5)31-33-65(51,8)9)36-52(55)66-61-56(68)39-58-59(46-22-16-17-23-57(46)69-58)60(61)47-35-48-50(64(6,7)32-30-62(48,2)3)37-53(47)67-45-27-24-43(25-28-45)41-18-12-10-13-19-41/h10-29,34-39,67H,30-33H2,1-9H3. The summed E-state index contributed by atoms with van der Waals surface area (Å²) in [7, 11) is 2.57. The fourth-order valence-electron chi connectivity index (χ4n) is 12.1. The maximum Gasteiger partial charge on any atom is 0.197 e. The lowest BCUT2D eigenvalue weighted by Crippen LogP contribution is -2.44. The normalized spacial score (nSPS) is 17.1. The van der Waals surface area contributed by atoms with Gasteiger partial charge in [-0.3, -0.25) is 0 Å². The molecule has 69 heavy (non-hydrogen) atoms. The number of hydrogen-bond donors (Lipinski definition) is 1. The molecule has 3 aliphatic rings. The van der Waals surface area contributed by atoms with Crippen molar-refractivity contribution >= 4 is 78.2 Å². The van der Waals surface area contributed by atoms with Crippen LogP contribution in [0.5, 0.6) is 0 Å². The molecule has 12 rings (SSSR count). The molecule has 2 heterocycles. The zero-order chi connectivity index (χ0) is 47.6. The summed E-state index contributed by atoms with van der Waals surface area (Å²) in [6.07, 6.45) is 4.63. The van der Waals surface area contributed by atoms with Crippen LogP contribution in [0.2, 0.25) is 0 Å². The summed E-state index contributed by atoms with van der Waals surface area (Å²) < 4.78 is 2.62. The molecule has 1 aliphatic heterocycles. The van der Waals surface area contributed by atoms with Gasteiger partial charge in [0.15, 0.2) is 7.28 Å². The minimum absolute atomic E-state index is 0.0115. The molecule has 0 bridgehead atoms. The maximum absolute atomic E-state index is 4.11. The van der Waals surface area contributed by atoms with Crippen LogP contribution in [0.4, 0.5) is 28.4 Å². The van der Waals surface area contributed by atoms with Crippen LogP contribution in [0.1, 0.15) is 109 Å². The lowest BCUT2D eigenvalue weighted by atomic mass is 9.54. The molecule has 0 fully saturated rings. The first kappa shape index (κ1) is 43.9. The average molecular weight is 914 g/mol. The quantitative estimate of drug-likeness (QED) is 0.167. The van der Waals surface area contributed by atoms with Gasteiger partial charge in [0.2, 0.25) is 0 Å². The molecule has 1 N–H and O–H groups in total. The minimum atomic E-state index is 0.0115. The monoisotopic (exact) mass is 913 g/mol. The first-order chi connectivity index (χ1) is 33.1. The molecule has 0 saturated carbocycles. The lowest BCUT2D eigenvalue weighted by molar-refractivity contribution is 0.332. The van der Waals surface area contributed by atoms with Crippen LogP contribution in [0.25, 0.3) is 53.6 Å². The van der Waals surface area contributed by atoms with Crippen molar-refractivity contribution in [3.05, 3.63) is 186 Å². The number of fused-ring (bicyclic) bond motifs is 7. The third kappa shape index (κ3) is 7.27. The fraction of sp³-hybridized carbons (Fsp3) is 0.262. The topological polar surface area (TPSA) is 15.3 Å². The second-order valence-electron chi connectivity index (χ2n) is 23.0. The highest BCUT2D eigenvalue weighted by Crippen LogP contribution is 2.54. The molecule has 1 radical (unpaired) electrons. The summed E-state index contributed by atoms with van der Waals surface area (Å²) in [6, 6.07) is 59.6. The molecular formula is C65H62BN2S. The van der Waals surface area contributed by atoms with E-state index in [1.807, 2.05) is 11.3 Å². The number of nitrogens with one attached hydrogen (secondary N) is 1. The van der Waals surface area contributed by atoms with Crippen molar-refractivity contribution in [2.75, 3.05) is 10.2 Å². The van der Waals surface area contributed by atoms with Crippen LogP contribution < -0.4 is 21.1 Å². The van der Waals surface area contributed by atoms with E-state index in [9.17, 15) is 0 Å². The number of aryl methyl sites for hydroxylation is 1. The molecular weight excluding hydrogens is 852 g/mol. The van der Waals surface area contributed by atoms with Crippen molar-refractivity contribution in [3.8, 4) is 33.4 Å². The highest BCUT2D eigenvalue weighted by atomic mass is 32.1. The van der Waals surface area contributed by atoms with E-state index >= 15 is 0 Å². The van der Waals surface area contributed by atoms with Gasteiger partial charge in [-0.05, 0) is 170 Å². The zero-order valence-electron chi connectivity index (χ0n) is 41.8. The van der Waals surface area contributed by atoms with Crippen molar-refractivity contribution in [1.82, 2.24) is 0 Å². The Morgan fingerprint density at radius 2 is 1.01 bits per heavy atom. The molecule has 1 aromatic heterocycles. The van der Waals surface area contributed by atoms with Crippen LogP contribution in [-0.2, 0) is 21.7 Å². The number of thiophene rings is 1. The molecule has 8 aromatic carbocycles. The fourth-order valence-corrected chi connectivity index (χ4v) is 13.3. The second-order valence-corrected chi connectivity index (χ2v) is 24.1. The van der Waals surface area contributed by atoms with Crippen LogP contribution in [0.3, 0.4) is 0 Å². The van der Waals surface area contributed by atoms with E-state index in [1.165, 1.54) is 122 Å². The summed E-state index contributed by atoms with van der Waals surface area (Å²) in [4.78, 5) is 2.64.